The van der Waals surface area contributed by atoms with E-state index in [2.05, 4.69) is 26.9 Å². The Bertz CT molecular complexity index is 497. The first-order valence-electron chi connectivity index (χ1n) is 5.99. The van der Waals surface area contributed by atoms with Crippen LogP contribution < -0.4 is 0 Å². The summed E-state index contributed by atoms with van der Waals surface area (Å²) in [5, 5.41) is 19.5. The first kappa shape index (κ1) is 15.6. The lowest BCUT2D eigenvalue weighted by molar-refractivity contribution is -0.385. The van der Waals surface area contributed by atoms with Gasteiger partial charge < -0.3 is 0 Å². The number of nitro groups is 1. The summed E-state index contributed by atoms with van der Waals surface area (Å²) in [4.78, 5) is 12.6. The molecule has 0 spiro atoms. The number of hydrogen-bond donors (Lipinski definition) is 0. The van der Waals surface area contributed by atoms with Crippen molar-refractivity contribution in [3.05, 3.63) is 38.3 Å². The average molecular weight is 326 g/mol. The fourth-order valence-electron chi connectivity index (χ4n) is 1.74. The molecule has 0 atom stereocenters. The van der Waals surface area contributed by atoms with E-state index in [0.29, 0.717) is 24.0 Å². The molecular formula is C13H16BrN3O2. The van der Waals surface area contributed by atoms with Gasteiger partial charge >= 0.3 is 0 Å². The predicted octanol–water partition coefficient (Wildman–Crippen LogP) is 3.48. The molecule has 0 heterocycles. The average Bonchev–Trinajstić information content (AvgIpc) is 2.35. The van der Waals surface area contributed by atoms with Crippen molar-refractivity contribution >= 4 is 21.6 Å². The fraction of sp³-hybridized carbons (Fsp3) is 0.462. The van der Waals surface area contributed by atoms with Crippen LogP contribution in [0, 0.1) is 21.4 Å². The van der Waals surface area contributed by atoms with Gasteiger partial charge in [-0.2, -0.15) is 5.26 Å². The molecule has 1 aromatic carbocycles. The van der Waals surface area contributed by atoms with Crippen LogP contribution in [0.5, 0.6) is 0 Å². The zero-order chi connectivity index (χ0) is 14.4. The van der Waals surface area contributed by atoms with Crippen molar-refractivity contribution in [1.29, 1.82) is 5.26 Å². The van der Waals surface area contributed by atoms with Crippen molar-refractivity contribution in [3.8, 4) is 6.07 Å². The van der Waals surface area contributed by atoms with Crippen LogP contribution in [0.2, 0.25) is 0 Å². The van der Waals surface area contributed by atoms with Gasteiger partial charge in [0.05, 0.1) is 15.5 Å². The van der Waals surface area contributed by atoms with Crippen molar-refractivity contribution in [2.75, 3.05) is 6.54 Å². The number of rotatable bonds is 6. The number of nitro benzene ring substituents is 1. The Morgan fingerprint density at radius 3 is 2.74 bits per heavy atom. The number of hydrogen-bond acceptors (Lipinski definition) is 4. The fourth-order valence-corrected chi connectivity index (χ4v) is 2.14. The smallest absolute Gasteiger partial charge is 0.283 e. The minimum Gasteiger partial charge on any atom is -0.296 e. The summed E-state index contributed by atoms with van der Waals surface area (Å²) in [7, 11) is 0. The van der Waals surface area contributed by atoms with Crippen LogP contribution in [0.25, 0.3) is 0 Å². The molecule has 1 rings (SSSR count). The molecule has 19 heavy (non-hydrogen) atoms. The van der Waals surface area contributed by atoms with E-state index >= 15 is 0 Å². The van der Waals surface area contributed by atoms with E-state index in [1.807, 2.05) is 19.9 Å². The molecule has 0 saturated carbocycles. The van der Waals surface area contributed by atoms with Gasteiger partial charge in [-0.25, -0.2) is 0 Å². The standard InChI is InChI=1S/C13H16BrN3O2/c1-10(2)16(7-3-6-15)9-11-4-5-12(14)13(8-11)17(18)19/h4-5,8,10H,3,7,9H2,1-2H3. The molecular weight excluding hydrogens is 310 g/mol. The van der Waals surface area contributed by atoms with Crippen molar-refractivity contribution in [3.63, 3.8) is 0 Å². The second kappa shape index (κ2) is 7.22. The van der Waals surface area contributed by atoms with Crippen molar-refractivity contribution in [2.45, 2.75) is 32.9 Å². The first-order chi connectivity index (χ1) is 8.95. The lowest BCUT2D eigenvalue weighted by Crippen LogP contribution is -2.31. The van der Waals surface area contributed by atoms with E-state index in [0.717, 1.165) is 5.56 Å². The largest absolute Gasteiger partial charge is 0.296 e. The van der Waals surface area contributed by atoms with E-state index in [9.17, 15) is 10.1 Å². The molecule has 0 fully saturated rings. The maximum atomic E-state index is 10.9. The number of benzene rings is 1. The minimum atomic E-state index is -0.400. The minimum absolute atomic E-state index is 0.0708. The van der Waals surface area contributed by atoms with Crippen molar-refractivity contribution in [2.24, 2.45) is 0 Å². The monoisotopic (exact) mass is 325 g/mol. The van der Waals surface area contributed by atoms with Gasteiger partial charge in [-0.05, 0) is 41.4 Å². The third-order valence-corrected chi connectivity index (χ3v) is 3.50. The van der Waals surface area contributed by atoms with E-state index < -0.39 is 4.92 Å². The van der Waals surface area contributed by atoms with Gasteiger partial charge in [0.1, 0.15) is 0 Å². The van der Waals surface area contributed by atoms with E-state index in [1.54, 1.807) is 12.1 Å². The molecule has 0 radical (unpaired) electrons. The Balaban J connectivity index is 2.88. The second-order valence-corrected chi connectivity index (χ2v) is 5.37. The summed E-state index contributed by atoms with van der Waals surface area (Å²) in [5.41, 5.74) is 0.947. The lowest BCUT2D eigenvalue weighted by atomic mass is 10.1. The molecule has 0 aliphatic heterocycles. The van der Waals surface area contributed by atoms with Crippen molar-refractivity contribution < 1.29 is 4.92 Å². The van der Waals surface area contributed by atoms with Crippen LogP contribution >= 0.6 is 15.9 Å². The topological polar surface area (TPSA) is 70.2 Å². The van der Waals surface area contributed by atoms with Gasteiger partial charge in [-0.3, -0.25) is 15.0 Å². The van der Waals surface area contributed by atoms with E-state index in [1.165, 1.54) is 0 Å². The SMILES string of the molecule is CC(C)N(CCC#N)Cc1ccc(Br)c([N+](=O)[O-])c1. The summed E-state index contributed by atoms with van der Waals surface area (Å²) in [6.45, 7) is 5.36. The van der Waals surface area contributed by atoms with Gasteiger partial charge in [-0.1, -0.05) is 6.07 Å². The molecule has 0 unspecified atom stereocenters. The maximum Gasteiger partial charge on any atom is 0.283 e. The van der Waals surface area contributed by atoms with Gasteiger partial charge in [0.25, 0.3) is 5.69 Å². The summed E-state index contributed by atoms with van der Waals surface area (Å²) in [6.07, 6.45) is 0.455. The third kappa shape index (κ3) is 4.62. The number of nitrogens with zero attached hydrogens (tertiary/aromatic N) is 3. The van der Waals surface area contributed by atoms with Gasteiger partial charge in [0, 0.05) is 31.6 Å². The van der Waals surface area contributed by atoms with E-state index in [4.69, 9.17) is 5.26 Å². The first-order valence-corrected chi connectivity index (χ1v) is 6.78. The molecule has 0 aliphatic rings. The highest BCUT2D eigenvalue weighted by atomic mass is 79.9. The summed E-state index contributed by atoms with van der Waals surface area (Å²) < 4.78 is 0.481. The molecule has 0 saturated heterocycles. The van der Waals surface area contributed by atoms with Crippen LogP contribution in [-0.4, -0.2) is 22.4 Å². The molecule has 0 bridgehead atoms. The van der Waals surface area contributed by atoms with Crippen molar-refractivity contribution in [1.82, 2.24) is 4.90 Å². The molecule has 1 aromatic rings. The van der Waals surface area contributed by atoms with Gasteiger partial charge in [0.15, 0.2) is 0 Å². The Morgan fingerprint density at radius 2 is 2.21 bits per heavy atom. The molecule has 5 nitrogen and oxygen atoms in total. The molecule has 0 N–H and O–H groups in total. The highest BCUT2D eigenvalue weighted by Gasteiger charge is 2.15. The molecule has 0 aliphatic carbocycles. The quantitative estimate of drug-likeness (QED) is 0.593. The van der Waals surface area contributed by atoms with Crippen LogP contribution in [0.1, 0.15) is 25.8 Å². The Morgan fingerprint density at radius 1 is 1.53 bits per heavy atom. The molecule has 0 aromatic heterocycles. The Hall–Kier alpha value is -1.45. The zero-order valence-corrected chi connectivity index (χ0v) is 12.6. The van der Waals surface area contributed by atoms with E-state index in [-0.39, 0.29) is 11.7 Å². The molecule has 0 amide bonds. The summed E-state index contributed by atoms with van der Waals surface area (Å²) in [6, 6.07) is 7.53. The normalized spacial score (nSPS) is 10.7. The number of halogens is 1. The summed E-state index contributed by atoms with van der Waals surface area (Å²) >= 11 is 3.17. The highest BCUT2D eigenvalue weighted by Crippen LogP contribution is 2.26. The zero-order valence-electron chi connectivity index (χ0n) is 11.0. The second-order valence-electron chi connectivity index (χ2n) is 4.52. The lowest BCUT2D eigenvalue weighted by Gasteiger charge is -2.25. The maximum absolute atomic E-state index is 10.9. The van der Waals surface area contributed by atoms with Gasteiger partial charge in [-0.15, -0.1) is 0 Å². The van der Waals surface area contributed by atoms with Crippen LogP contribution in [0.15, 0.2) is 22.7 Å². The Labute approximate surface area is 121 Å². The third-order valence-electron chi connectivity index (χ3n) is 2.83. The summed E-state index contributed by atoms with van der Waals surface area (Å²) in [5.74, 6) is 0. The predicted molar refractivity (Wildman–Crippen MR) is 76.6 cm³/mol. The molecule has 6 heteroatoms. The van der Waals surface area contributed by atoms with Crippen LogP contribution in [0.4, 0.5) is 5.69 Å². The van der Waals surface area contributed by atoms with Crippen LogP contribution in [0.3, 0.4) is 0 Å². The Kier molecular flexibility index (Phi) is 5.93. The van der Waals surface area contributed by atoms with Gasteiger partial charge in [0.2, 0.25) is 0 Å². The van der Waals surface area contributed by atoms with Crippen LogP contribution in [-0.2, 0) is 6.54 Å². The number of nitriles is 1. The molecule has 102 valence electrons. The highest BCUT2D eigenvalue weighted by molar-refractivity contribution is 9.10.